The van der Waals surface area contributed by atoms with Crippen molar-refractivity contribution in [1.29, 1.82) is 0 Å². The lowest BCUT2D eigenvalue weighted by Crippen LogP contribution is -2.16. The van der Waals surface area contributed by atoms with Crippen molar-refractivity contribution in [2.45, 2.75) is 38.5 Å². The monoisotopic (exact) mass is 783 g/mol. The van der Waals surface area contributed by atoms with Crippen molar-refractivity contribution in [3.63, 3.8) is 0 Å². The molecule has 0 N–H and O–H groups in total. The molecule has 0 fully saturated rings. The Morgan fingerprint density at radius 2 is 0.951 bits per heavy atom. The number of benzene rings is 8. The first-order chi connectivity index (χ1) is 29.8. The van der Waals surface area contributed by atoms with E-state index in [1.807, 2.05) is 0 Å². The minimum Gasteiger partial charge on any atom is -0.317 e. The molecule has 61 heavy (non-hydrogen) atoms. The Labute approximate surface area is 357 Å². The van der Waals surface area contributed by atoms with E-state index in [1.54, 1.807) is 0 Å². The molecule has 0 unspecified atom stereocenters. The van der Waals surface area contributed by atoms with Gasteiger partial charge in [-0.05, 0) is 111 Å². The minimum absolute atomic E-state index is 0.0948. The van der Waals surface area contributed by atoms with Gasteiger partial charge in [-0.15, -0.1) is 0 Å². The molecule has 3 heteroatoms. The molecule has 0 radical (unpaired) electrons. The quantitative estimate of drug-likeness (QED) is 0.164. The molecule has 1 aliphatic heterocycles. The molecular weight excluding hydrogens is 739 g/mol. The maximum Gasteiger partial charge on any atom is 0.0763 e. The summed E-state index contributed by atoms with van der Waals surface area (Å²) in [7, 11) is 0. The van der Waals surface area contributed by atoms with Gasteiger partial charge in [0.15, 0.2) is 0 Å². The van der Waals surface area contributed by atoms with Gasteiger partial charge in [0.2, 0.25) is 0 Å². The van der Waals surface area contributed by atoms with Crippen LogP contribution in [0.15, 0.2) is 200 Å². The summed E-state index contributed by atoms with van der Waals surface area (Å²) in [5.41, 5.74) is 21.0. The summed E-state index contributed by atoms with van der Waals surface area (Å²) in [5, 5.41) is 2.58. The van der Waals surface area contributed by atoms with E-state index in [9.17, 15) is 0 Å². The zero-order chi connectivity index (χ0) is 41.0. The topological polar surface area (TPSA) is 13.1 Å². The van der Waals surface area contributed by atoms with Crippen LogP contribution in [0.5, 0.6) is 0 Å². The van der Waals surface area contributed by atoms with E-state index in [1.165, 1.54) is 88.9 Å². The van der Waals surface area contributed by atoms with Gasteiger partial charge in [0.05, 0.1) is 16.7 Å². The van der Waals surface area contributed by atoms with Crippen LogP contribution in [0.1, 0.15) is 50.1 Å². The molecule has 3 nitrogen and oxygen atoms in total. The Hall–Kier alpha value is -7.36. The fraction of sp³-hybridized carbons (Fsp3) is 0.103. The van der Waals surface area contributed by atoms with Crippen LogP contribution >= 0.6 is 0 Å². The Morgan fingerprint density at radius 1 is 0.410 bits per heavy atom. The smallest absolute Gasteiger partial charge is 0.0763 e. The molecule has 292 valence electrons. The van der Waals surface area contributed by atoms with E-state index in [0.29, 0.717) is 0 Å². The summed E-state index contributed by atoms with van der Waals surface area (Å²) < 4.78 is 4.91. The normalized spacial score (nSPS) is 14.2. The third-order valence-corrected chi connectivity index (χ3v) is 13.7. The first-order valence-corrected chi connectivity index (χ1v) is 21.4. The van der Waals surface area contributed by atoms with E-state index in [2.05, 4.69) is 242 Å². The van der Waals surface area contributed by atoms with Crippen molar-refractivity contribution in [3.8, 4) is 44.8 Å². The predicted molar refractivity (Wildman–Crippen MR) is 255 cm³/mol. The molecule has 0 spiro atoms. The molecular formula is C58H45N3. The van der Waals surface area contributed by atoms with Crippen LogP contribution in [-0.4, -0.2) is 9.13 Å². The molecule has 2 aliphatic rings. The average Bonchev–Trinajstić information content (AvgIpc) is 3.98. The Morgan fingerprint density at radius 3 is 1.66 bits per heavy atom. The SMILES string of the molecule is CC1(C)c2ccccc2-c2ccc(N(c3ccc(-c4ccccc4)cc3)c3ccc(-c4ccc(-n5c6ccccc6c6cn7c(c65)C(C)(C)c5ccccc5-7)cc4)cc3)cc21. The van der Waals surface area contributed by atoms with Crippen LogP contribution < -0.4 is 4.90 Å². The molecule has 2 aromatic heterocycles. The lowest BCUT2D eigenvalue weighted by molar-refractivity contribution is 0.646. The molecule has 10 aromatic rings. The Balaban J connectivity index is 0.926. The zero-order valence-electron chi connectivity index (χ0n) is 34.9. The fourth-order valence-corrected chi connectivity index (χ4v) is 10.6. The van der Waals surface area contributed by atoms with Crippen molar-refractivity contribution in [2.75, 3.05) is 4.90 Å². The molecule has 0 bridgehead atoms. The van der Waals surface area contributed by atoms with Gasteiger partial charge in [-0.3, -0.25) is 0 Å². The summed E-state index contributed by atoms with van der Waals surface area (Å²) in [6.07, 6.45) is 2.36. The summed E-state index contributed by atoms with van der Waals surface area (Å²) in [5.74, 6) is 0. The van der Waals surface area contributed by atoms with E-state index < -0.39 is 0 Å². The summed E-state index contributed by atoms with van der Waals surface area (Å²) in [6, 6.07) is 71.4. The number of anilines is 3. The van der Waals surface area contributed by atoms with Crippen molar-refractivity contribution in [1.82, 2.24) is 9.13 Å². The fourth-order valence-electron chi connectivity index (χ4n) is 10.6. The highest BCUT2D eigenvalue weighted by atomic mass is 15.1. The third-order valence-electron chi connectivity index (χ3n) is 13.7. The number of fused-ring (bicyclic) bond motifs is 10. The standard InChI is InChI=1S/C58H45N3/c1-57(2)50-18-10-8-16-46(50)47-35-34-45(36-52(47)57)60(42-28-22-39(23-29-42)38-14-6-5-7-15-38)43-30-24-40(25-31-43)41-26-32-44(33-27-41)61-53-20-12-9-17-48(53)49-37-59-54-21-13-11-19-51(54)58(3,4)56(59)55(49)61/h5-37H,1-4H3. The largest absolute Gasteiger partial charge is 0.317 e. The highest BCUT2D eigenvalue weighted by Crippen LogP contribution is 2.52. The predicted octanol–water partition coefficient (Wildman–Crippen LogP) is 15.3. The van der Waals surface area contributed by atoms with Crippen molar-refractivity contribution < 1.29 is 0 Å². The number of aromatic nitrogens is 2. The summed E-state index contributed by atoms with van der Waals surface area (Å²) >= 11 is 0. The number of rotatable bonds is 6. The van der Waals surface area contributed by atoms with Gasteiger partial charge in [-0.2, -0.15) is 0 Å². The number of para-hydroxylation sites is 2. The lowest BCUT2D eigenvalue weighted by atomic mass is 9.82. The first-order valence-electron chi connectivity index (χ1n) is 21.4. The second-order valence-electron chi connectivity index (χ2n) is 17.8. The zero-order valence-corrected chi connectivity index (χ0v) is 34.9. The van der Waals surface area contributed by atoms with E-state index in [0.717, 1.165) is 17.1 Å². The molecule has 3 heterocycles. The van der Waals surface area contributed by atoms with Crippen molar-refractivity contribution in [3.05, 3.63) is 223 Å². The maximum absolute atomic E-state index is 2.48. The number of nitrogens with zero attached hydrogens (tertiary/aromatic N) is 3. The van der Waals surface area contributed by atoms with Gasteiger partial charge in [0.1, 0.15) is 0 Å². The van der Waals surface area contributed by atoms with Crippen LogP contribution in [0, 0.1) is 0 Å². The van der Waals surface area contributed by atoms with Gasteiger partial charge in [-0.25, -0.2) is 0 Å². The Kier molecular flexibility index (Phi) is 7.62. The van der Waals surface area contributed by atoms with Crippen molar-refractivity contribution in [2.24, 2.45) is 0 Å². The van der Waals surface area contributed by atoms with Crippen LogP contribution in [0.2, 0.25) is 0 Å². The lowest BCUT2D eigenvalue weighted by Gasteiger charge is -2.28. The van der Waals surface area contributed by atoms with Gasteiger partial charge in [0, 0.05) is 56.2 Å². The van der Waals surface area contributed by atoms with E-state index >= 15 is 0 Å². The average molecular weight is 784 g/mol. The minimum atomic E-state index is -0.134. The highest BCUT2D eigenvalue weighted by Gasteiger charge is 2.40. The van der Waals surface area contributed by atoms with Gasteiger partial charge >= 0.3 is 0 Å². The Bertz CT molecular complexity index is 3320. The highest BCUT2D eigenvalue weighted by molar-refractivity contribution is 6.11. The molecule has 8 aromatic carbocycles. The molecule has 0 saturated heterocycles. The van der Waals surface area contributed by atoms with Crippen LogP contribution in [-0.2, 0) is 10.8 Å². The summed E-state index contributed by atoms with van der Waals surface area (Å²) in [6.45, 7) is 9.44. The van der Waals surface area contributed by atoms with Gasteiger partial charge < -0.3 is 14.0 Å². The number of hydrogen-bond donors (Lipinski definition) is 0. The van der Waals surface area contributed by atoms with E-state index in [-0.39, 0.29) is 10.8 Å². The van der Waals surface area contributed by atoms with Gasteiger partial charge in [-0.1, -0.05) is 161 Å². The molecule has 0 amide bonds. The second kappa shape index (κ2) is 13.1. The van der Waals surface area contributed by atoms with Crippen LogP contribution in [0.4, 0.5) is 17.1 Å². The maximum atomic E-state index is 2.48. The molecule has 0 atom stereocenters. The molecule has 0 saturated carbocycles. The van der Waals surface area contributed by atoms with Crippen molar-refractivity contribution >= 4 is 38.9 Å². The number of hydrogen-bond acceptors (Lipinski definition) is 1. The first kappa shape index (κ1) is 35.6. The van der Waals surface area contributed by atoms with Crippen LogP contribution in [0.25, 0.3) is 66.6 Å². The van der Waals surface area contributed by atoms with E-state index in [4.69, 9.17) is 0 Å². The molecule has 1 aliphatic carbocycles. The van der Waals surface area contributed by atoms with Gasteiger partial charge in [0.25, 0.3) is 0 Å². The molecule has 12 rings (SSSR count). The third kappa shape index (κ3) is 5.23. The van der Waals surface area contributed by atoms with Crippen LogP contribution in [0.3, 0.4) is 0 Å². The second-order valence-corrected chi connectivity index (χ2v) is 17.8. The summed E-state index contributed by atoms with van der Waals surface area (Å²) in [4.78, 5) is 2.40.